The van der Waals surface area contributed by atoms with Crippen LogP contribution in [0.2, 0.25) is 0 Å². The van der Waals surface area contributed by atoms with Gasteiger partial charge in [0.25, 0.3) is 5.91 Å². The number of carbonyl (C=O) groups is 2. The highest BCUT2D eigenvalue weighted by Crippen LogP contribution is 2.15. The Kier molecular flexibility index (Phi) is 4.67. The molecule has 21 heavy (non-hydrogen) atoms. The van der Waals surface area contributed by atoms with Crippen LogP contribution in [0, 0.1) is 6.92 Å². The lowest BCUT2D eigenvalue weighted by Crippen LogP contribution is -2.51. The molecule has 1 aromatic heterocycles. The Bertz CT molecular complexity index is 637. The van der Waals surface area contributed by atoms with Crippen molar-refractivity contribution in [1.29, 1.82) is 0 Å². The summed E-state index contributed by atoms with van der Waals surface area (Å²) in [5.41, 5.74) is 0.876. The minimum atomic E-state index is -3.02. The van der Waals surface area contributed by atoms with E-state index >= 15 is 0 Å². The molecule has 0 spiro atoms. The highest BCUT2D eigenvalue weighted by Gasteiger charge is 2.28. The lowest BCUT2D eigenvalue weighted by Gasteiger charge is -2.29. The smallest absolute Gasteiger partial charge is 0.262 e. The fourth-order valence-corrected chi connectivity index (χ4v) is 4.17. The Morgan fingerprint density at radius 2 is 1.95 bits per heavy atom. The maximum absolute atomic E-state index is 12.2. The first kappa shape index (κ1) is 16.0. The summed E-state index contributed by atoms with van der Waals surface area (Å²) in [6.07, 6.45) is 0. The summed E-state index contributed by atoms with van der Waals surface area (Å²) in [6, 6.07) is 1.18. The van der Waals surface area contributed by atoms with Gasteiger partial charge in [0.2, 0.25) is 5.91 Å². The van der Waals surface area contributed by atoms with E-state index in [-0.39, 0.29) is 36.4 Å². The van der Waals surface area contributed by atoms with Gasteiger partial charge < -0.3 is 10.2 Å². The van der Waals surface area contributed by atoms with Crippen LogP contribution in [-0.4, -0.2) is 55.8 Å². The topological polar surface area (TPSA) is 83.6 Å². The number of hydrogen-bond donors (Lipinski definition) is 1. The molecule has 1 fully saturated rings. The van der Waals surface area contributed by atoms with E-state index in [1.54, 1.807) is 6.92 Å². The molecule has 2 rings (SSSR count). The molecule has 0 radical (unpaired) electrons. The van der Waals surface area contributed by atoms with Gasteiger partial charge in [-0.05, 0) is 30.9 Å². The molecule has 1 N–H and O–H groups in total. The second-order valence-corrected chi connectivity index (χ2v) is 8.32. The van der Waals surface area contributed by atoms with Gasteiger partial charge in [0.15, 0.2) is 9.84 Å². The van der Waals surface area contributed by atoms with Gasteiger partial charge in [-0.2, -0.15) is 0 Å². The molecule has 0 bridgehead atoms. The van der Waals surface area contributed by atoms with Gasteiger partial charge >= 0.3 is 0 Å². The molecular weight excluding hydrogens is 312 g/mol. The van der Waals surface area contributed by atoms with Gasteiger partial charge in [0.1, 0.15) is 6.04 Å². The maximum atomic E-state index is 12.2. The van der Waals surface area contributed by atoms with Crippen LogP contribution in [0.3, 0.4) is 0 Å². The number of sulfone groups is 1. The molecule has 0 aliphatic carbocycles. The summed E-state index contributed by atoms with van der Waals surface area (Å²) in [4.78, 5) is 26.4. The molecule has 1 aliphatic heterocycles. The molecule has 0 aromatic carbocycles. The molecule has 1 aromatic rings. The Morgan fingerprint density at radius 3 is 2.48 bits per heavy atom. The summed E-state index contributed by atoms with van der Waals surface area (Å²) in [5.74, 6) is -0.534. The molecule has 1 saturated heterocycles. The molecule has 2 heterocycles. The molecule has 0 saturated carbocycles. The Hall–Kier alpha value is -1.41. The van der Waals surface area contributed by atoms with Crippen molar-refractivity contribution in [2.75, 3.05) is 24.6 Å². The van der Waals surface area contributed by atoms with Crippen LogP contribution in [0.4, 0.5) is 0 Å². The van der Waals surface area contributed by atoms with Crippen LogP contribution in [0.15, 0.2) is 11.4 Å². The monoisotopic (exact) mass is 330 g/mol. The summed E-state index contributed by atoms with van der Waals surface area (Å²) < 4.78 is 22.7. The molecule has 1 aliphatic rings. The molecule has 8 heteroatoms. The van der Waals surface area contributed by atoms with Gasteiger partial charge in [-0.25, -0.2) is 8.42 Å². The van der Waals surface area contributed by atoms with Crippen molar-refractivity contribution in [3.05, 3.63) is 21.9 Å². The first-order chi connectivity index (χ1) is 9.80. The highest BCUT2D eigenvalue weighted by molar-refractivity contribution is 7.91. The van der Waals surface area contributed by atoms with Crippen LogP contribution in [0.5, 0.6) is 0 Å². The first-order valence-electron chi connectivity index (χ1n) is 6.64. The molecule has 1 unspecified atom stereocenters. The molecule has 116 valence electrons. The summed E-state index contributed by atoms with van der Waals surface area (Å²) >= 11 is 1.33. The Morgan fingerprint density at radius 1 is 1.33 bits per heavy atom. The van der Waals surface area contributed by atoms with Crippen LogP contribution < -0.4 is 5.32 Å². The normalized spacial score (nSPS) is 19.0. The van der Waals surface area contributed by atoms with Gasteiger partial charge in [-0.15, -0.1) is 11.3 Å². The number of rotatable bonds is 3. The van der Waals surface area contributed by atoms with Crippen molar-refractivity contribution in [2.24, 2.45) is 0 Å². The Labute approximate surface area is 128 Å². The zero-order chi connectivity index (χ0) is 15.6. The van der Waals surface area contributed by atoms with E-state index in [4.69, 9.17) is 0 Å². The lowest BCUT2D eigenvalue weighted by molar-refractivity contribution is -0.132. The van der Waals surface area contributed by atoms with Gasteiger partial charge in [0.05, 0.1) is 16.4 Å². The number of nitrogens with zero attached hydrogens (tertiary/aromatic N) is 1. The van der Waals surface area contributed by atoms with E-state index in [2.05, 4.69) is 5.32 Å². The molecule has 1 atom stereocenters. The van der Waals surface area contributed by atoms with Gasteiger partial charge in [-0.3, -0.25) is 9.59 Å². The third kappa shape index (κ3) is 3.82. The largest absolute Gasteiger partial charge is 0.340 e. The van der Waals surface area contributed by atoms with Crippen molar-refractivity contribution in [1.82, 2.24) is 10.2 Å². The molecule has 2 amide bonds. The van der Waals surface area contributed by atoms with E-state index in [9.17, 15) is 18.0 Å². The van der Waals surface area contributed by atoms with E-state index in [0.29, 0.717) is 4.88 Å². The van der Waals surface area contributed by atoms with Gasteiger partial charge in [-0.1, -0.05) is 0 Å². The van der Waals surface area contributed by atoms with Crippen molar-refractivity contribution in [3.63, 3.8) is 0 Å². The fourth-order valence-electron chi connectivity index (χ4n) is 2.14. The second kappa shape index (κ2) is 6.15. The zero-order valence-corrected chi connectivity index (χ0v) is 13.6. The minimum Gasteiger partial charge on any atom is -0.340 e. The molecular formula is C13H18N2O4S2. The summed E-state index contributed by atoms with van der Waals surface area (Å²) in [5, 5.41) is 4.50. The minimum absolute atomic E-state index is 0.0105. The van der Waals surface area contributed by atoms with Crippen LogP contribution >= 0.6 is 11.3 Å². The Balaban J connectivity index is 1.94. The number of aryl methyl sites for hydroxylation is 1. The SMILES string of the molecule is Cc1ccsc1C(=O)NC(C)C(=O)N1CCS(=O)(=O)CC1. The van der Waals surface area contributed by atoms with Crippen molar-refractivity contribution < 1.29 is 18.0 Å². The molecule has 6 nitrogen and oxygen atoms in total. The zero-order valence-electron chi connectivity index (χ0n) is 12.0. The third-order valence-electron chi connectivity index (χ3n) is 3.44. The van der Waals surface area contributed by atoms with E-state index in [1.165, 1.54) is 16.2 Å². The standard InChI is InChI=1S/C13H18N2O4S2/c1-9-3-6-20-11(9)12(16)14-10(2)13(17)15-4-7-21(18,19)8-5-15/h3,6,10H,4-5,7-8H2,1-2H3,(H,14,16). The van der Waals surface area contributed by atoms with Crippen LogP contribution in [-0.2, 0) is 14.6 Å². The van der Waals surface area contributed by atoms with Gasteiger partial charge in [0, 0.05) is 13.1 Å². The highest BCUT2D eigenvalue weighted by atomic mass is 32.2. The van der Waals surface area contributed by atoms with Crippen molar-refractivity contribution in [2.45, 2.75) is 19.9 Å². The number of carbonyl (C=O) groups excluding carboxylic acids is 2. The van der Waals surface area contributed by atoms with Crippen LogP contribution in [0.1, 0.15) is 22.2 Å². The lowest BCUT2D eigenvalue weighted by atomic mass is 10.2. The predicted octanol–water partition coefficient (Wildman–Crippen LogP) is 0.432. The average molecular weight is 330 g/mol. The van der Waals surface area contributed by atoms with Crippen molar-refractivity contribution >= 4 is 33.0 Å². The van der Waals surface area contributed by atoms with Crippen molar-refractivity contribution in [3.8, 4) is 0 Å². The van der Waals surface area contributed by atoms with Crippen LogP contribution in [0.25, 0.3) is 0 Å². The number of thiophene rings is 1. The third-order valence-corrected chi connectivity index (χ3v) is 6.07. The fraction of sp³-hybridized carbons (Fsp3) is 0.538. The summed E-state index contributed by atoms with van der Waals surface area (Å²) in [6.45, 7) is 3.85. The maximum Gasteiger partial charge on any atom is 0.262 e. The quantitative estimate of drug-likeness (QED) is 0.871. The van der Waals surface area contributed by atoms with E-state index in [0.717, 1.165) is 5.56 Å². The number of nitrogens with one attached hydrogen (secondary N) is 1. The predicted molar refractivity (Wildman–Crippen MR) is 81.2 cm³/mol. The number of amides is 2. The second-order valence-electron chi connectivity index (χ2n) is 5.10. The first-order valence-corrected chi connectivity index (χ1v) is 9.34. The van der Waals surface area contributed by atoms with E-state index in [1.807, 2.05) is 18.4 Å². The van der Waals surface area contributed by atoms with E-state index < -0.39 is 15.9 Å². The number of hydrogen-bond acceptors (Lipinski definition) is 5. The summed E-state index contributed by atoms with van der Waals surface area (Å²) in [7, 11) is -3.02. The average Bonchev–Trinajstić information content (AvgIpc) is 2.84.